The quantitative estimate of drug-likeness (QED) is 0.180. The molecule has 2 N–H and O–H groups in total. The Morgan fingerprint density at radius 3 is 1.58 bits per heavy atom. The Hall–Kier alpha value is -5.51. The monoisotopic (exact) mass is 1030 g/mol. The summed E-state index contributed by atoms with van der Waals surface area (Å²) in [5.41, 5.74) is 16.0. The molecule has 0 fully saturated rings. The van der Waals surface area contributed by atoms with Crippen LogP contribution >= 0.6 is 0 Å². The van der Waals surface area contributed by atoms with Gasteiger partial charge in [0.05, 0.1) is 22.8 Å². The van der Waals surface area contributed by atoms with Gasteiger partial charge in [0.1, 0.15) is 22.7 Å². The summed E-state index contributed by atoms with van der Waals surface area (Å²) >= 11 is 0. The van der Waals surface area contributed by atoms with Gasteiger partial charge >= 0.3 is 0 Å². The minimum absolute atomic E-state index is 0. The second-order valence-corrected chi connectivity index (χ2v) is 21.7. The average Bonchev–Trinajstić information content (AvgIpc) is 3.56. The zero-order valence-corrected chi connectivity index (χ0v) is 42.2. The molecule has 0 spiro atoms. The first-order chi connectivity index (χ1) is 29.4. The standard InChI is InChI=1S/C58H62N2O3.Pt/c1-33-23-37(55(3,4)5)19-20-41(33)42-21-22-50(61)54(34(42)2)49-30-40(58(12,13)14)29-48(60-49)47-27-36(35-24-38(56(6,7)8)28-39(25-35)57(9,10)11)26-46(59-47)45-32-53-44(31-51(45)62)43-17-15-16-18-52(43)63-53;/h15-32,61-62H,1-14H3;. The number of hydrogen-bond donors (Lipinski definition) is 2. The van der Waals surface area contributed by atoms with Gasteiger partial charge in [-0.25, -0.2) is 9.97 Å². The number of nitrogens with zero attached hydrogens (tertiary/aromatic N) is 2. The summed E-state index contributed by atoms with van der Waals surface area (Å²) in [4.78, 5) is 10.7. The van der Waals surface area contributed by atoms with E-state index in [1.165, 1.54) is 22.3 Å². The van der Waals surface area contributed by atoms with Crippen molar-refractivity contribution < 1.29 is 35.7 Å². The maximum Gasteiger partial charge on any atom is 0.136 e. The Morgan fingerprint density at radius 2 is 0.953 bits per heavy atom. The Kier molecular flexibility index (Phi) is 12.0. The number of phenolic OH excluding ortho intramolecular Hbond substituents is 2. The van der Waals surface area contributed by atoms with Gasteiger partial charge in [-0.2, -0.15) is 0 Å². The van der Waals surface area contributed by atoms with E-state index in [2.05, 4.69) is 158 Å². The van der Waals surface area contributed by atoms with E-state index in [-0.39, 0.29) is 54.2 Å². The molecular weight excluding hydrogens is 968 g/mol. The second kappa shape index (κ2) is 16.5. The van der Waals surface area contributed by atoms with E-state index >= 15 is 0 Å². The van der Waals surface area contributed by atoms with Crippen LogP contribution in [0.4, 0.5) is 0 Å². The zero-order chi connectivity index (χ0) is 45.6. The van der Waals surface area contributed by atoms with Gasteiger partial charge in [0.15, 0.2) is 0 Å². The fourth-order valence-corrected chi connectivity index (χ4v) is 8.56. The topological polar surface area (TPSA) is 79.4 Å². The molecule has 5 aromatic carbocycles. The van der Waals surface area contributed by atoms with Crippen LogP contribution in [-0.2, 0) is 42.7 Å². The number of phenols is 2. The third-order valence-corrected chi connectivity index (χ3v) is 12.6. The minimum Gasteiger partial charge on any atom is -0.507 e. The molecule has 0 aliphatic carbocycles. The number of aryl methyl sites for hydroxylation is 1. The smallest absolute Gasteiger partial charge is 0.136 e. The summed E-state index contributed by atoms with van der Waals surface area (Å²) in [7, 11) is 0. The zero-order valence-electron chi connectivity index (χ0n) is 39.9. The Balaban J connectivity index is 0.00000612. The van der Waals surface area contributed by atoms with Gasteiger partial charge in [0.25, 0.3) is 0 Å². The van der Waals surface area contributed by atoms with Gasteiger partial charge in [-0.1, -0.05) is 144 Å². The van der Waals surface area contributed by atoms with Crippen LogP contribution in [0.15, 0.2) is 114 Å². The molecule has 3 aromatic heterocycles. The number of fused-ring (bicyclic) bond motifs is 3. The summed E-state index contributed by atoms with van der Waals surface area (Å²) in [5, 5.41) is 25.4. The molecule has 0 radical (unpaired) electrons. The van der Waals surface area contributed by atoms with Crippen LogP contribution in [-0.4, -0.2) is 20.2 Å². The van der Waals surface area contributed by atoms with Gasteiger partial charge in [0, 0.05) is 43.0 Å². The number of rotatable bonds is 5. The average molecular weight is 1030 g/mol. The maximum absolute atomic E-state index is 11.8. The normalized spacial score (nSPS) is 12.5. The van der Waals surface area contributed by atoms with Gasteiger partial charge < -0.3 is 14.6 Å². The van der Waals surface area contributed by atoms with Crippen molar-refractivity contribution in [3.05, 3.63) is 143 Å². The van der Waals surface area contributed by atoms with Crippen molar-refractivity contribution >= 4 is 21.9 Å². The van der Waals surface area contributed by atoms with Crippen molar-refractivity contribution in [2.45, 2.75) is 119 Å². The third kappa shape index (κ3) is 8.94. The van der Waals surface area contributed by atoms with Crippen LogP contribution in [0.2, 0.25) is 0 Å². The van der Waals surface area contributed by atoms with Crippen LogP contribution in [0, 0.1) is 13.8 Å². The molecule has 0 aliphatic rings. The molecule has 8 rings (SSSR count). The van der Waals surface area contributed by atoms with Gasteiger partial charge in [-0.05, 0) is 140 Å². The maximum atomic E-state index is 11.8. The predicted octanol–water partition coefficient (Wildman–Crippen LogP) is 15.9. The molecular formula is C58H62N2O3Pt. The molecule has 0 saturated carbocycles. The minimum atomic E-state index is -0.263. The van der Waals surface area contributed by atoms with Crippen LogP contribution in [0.3, 0.4) is 0 Å². The van der Waals surface area contributed by atoms with Crippen molar-refractivity contribution in [1.29, 1.82) is 0 Å². The number of para-hydroxylation sites is 1. The van der Waals surface area contributed by atoms with E-state index in [4.69, 9.17) is 14.4 Å². The fourth-order valence-electron chi connectivity index (χ4n) is 8.56. The van der Waals surface area contributed by atoms with Gasteiger partial charge in [0.2, 0.25) is 0 Å². The predicted molar refractivity (Wildman–Crippen MR) is 264 cm³/mol. The first kappa shape index (κ1) is 46.5. The van der Waals surface area contributed by atoms with Gasteiger partial charge in [-0.3, -0.25) is 0 Å². The first-order valence-electron chi connectivity index (χ1n) is 22.2. The number of pyridine rings is 2. The van der Waals surface area contributed by atoms with Gasteiger partial charge in [-0.15, -0.1) is 0 Å². The van der Waals surface area contributed by atoms with Crippen molar-refractivity contribution in [3.63, 3.8) is 0 Å². The van der Waals surface area contributed by atoms with Crippen LogP contribution in [0.25, 0.3) is 78.1 Å². The molecule has 0 saturated heterocycles. The SMILES string of the molecule is Cc1cc(C(C)(C)C)ccc1-c1ccc(O)c(-c2cc(C(C)(C)C)cc(-c3cc(-c4cc(C(C)(C)C)cc(C(C)(C)C)c4)cc(-c4cc5oc6ccccc6c5cc4O)n3)n2)c1C.[Pt]. The molecule has 64 heavy (non-hydrogen) atoms. The van der Waals surface area contributed by atoms with Crippen LogP contribution < -0.4 is 0 Å². The van der Waals surface area contributed by atoms with E-state index in [1.54, 1.807) is 12.1 Å². The molecule has 0 atom stereocenters. The summed E-state index contributed by atoms with van der Waals surface area (Å²) in [5.74, 6) is 0.286. The fraction of sp³-hybridized carbons (Fsp3) is 0.310. The van der Waals surface area contributed by atoms with Crippen LogP contribution in [0.1, 0.15) is 116 Å². The summed E-state index contributed by atoms with van der Waals surface area (Å²) in [6, 6.07) is 37.4. The van der Waals surface area contributed by atoms with Crippen molar-refractivity contribution in [2.24, 2.45) is 0 Å². The molecule has 0 amide bonds. The molecule has 6 heteroatoms. The van der Waals surface area contributed by atoms with E-state index in [0.717, 1.165) is 49.7 Å². The number of benzene rings is 5. The molecule has 3 heterocycles. The molecule has 0 aliphatic heterocycles. The number of furan rings is 1. The molecule has 0 unspecified atom stereocenters. The van der Waals surface area contributed by atoms with Crippen molar-refractivity contribution in [3.8, 4) is 67.7 Å². The van der Waals surface area contributed by atoms with E-state index in [9.17, 15) is 10.2 Å². The van der Waals surface area contributed by atoms with Crippen molar-refractivity contribution in [2.75, 3.05) is 0 Å². The number of hydrogen-bond acceptors (Lipinski definition) is 5. The number of aromatic hydroxyl groups is 2. The van der Waals surface area contributed by atoms with Crippen LogP contribution in [0.5, 0.6) is 11.5 Å². The third-order valence-electron chi connectivity index (χ3n) is 12.6. The van der Waals surface area contributed by atoms with E-state index in [0.29, 0.717) is 39.5 Å². The molecule has 8 aromatic rings. The Bertz CT molecular complexity index is 3060. The summed E-state index contributed by atoms with van der Waals surface area (Å²) in [6.07, 6.45) is 0. The largest absolute Gasteiger partial charge is 0.507 e. The van der Waals surface area contributed by atoms with E-state index < -0.39 is 0 Å². The first-order valence-corrected chi connectivity index (χ1v) is 22.2. The second-order valence-electron chi connectivity index (χ2n) is 21.7. The Labute approximate surface area is 394 Å². The summed E-state index contributed by atoms with van der Waals surface area (Å²) < 4.78 is 6.34. The number of aromatic nitrogens is 2. The molecule has 332 valence electrons. The van der Waals surface area contributed by atoms with E-state index in [1.807, 2.05) is 36.4 Å². The molecule has 0 bridgehead atoms. The Morgan fingerprint density at radius 1 is 0.422 bits per heavy atom. The van der Waals surface area contributed by atoms with Crippen molar-refractivity contribution in [1.82, 2.24) is 9.97 Å². The summed E-state index contributed by atoms with van der Waals surface area (Å²) in [6.45, 7) is 31.0. The molecule has 5 nitrogen and oxygen atoms in total.